The van der Waals surface area contributed by atoms with E-state index in [0.717, 1.165) is 0 Å². The van der Waals surface area contributed by atoms with Gasteiger partial charge in [-0.3, -0.25) is 9.69 Å². The van der Waals surface area contributed by atoms with Crippen molar-refractivity contribution < 1.29 is 18.3 Å². The number of aryl methyl sites for hydroxylation is 1. The molecule has 1 fully saturated rings. The molecular formula is C10H16N4O4S. The van der Waals surface area contributed by atoms with Gasteiger partial charge in [0.2, 0.25) is 0 Å². The third kappa shape index (κ3) is 3.11. The minimum absolute atomic E-state index is 0.0293. The van der Waals surface area contributed by atoms with Gasteiger partial charge in [-0.05, 0) is 0 Å². The lowest BCUT2D eigenvalue weighted by molar-refractivity contribution is -0.138. The molecule has 1 aromatic heterocycles. The summed E-state index contributed by atoms with van der Waals surface area (Å²) in [6.45, 7) is 1.34. The van der Waals surface area contributed by atoms with Gasteiger partial charge in [0.25, 0.3) is 10.0 Å². The Labute approximate surface area is 111 Å². The maximum absolute atomic E-state index is 12.2. The quantitative estimate of drug-likeness (QED) is 0.748. The van der Waals surface area contributed by atoms with E-state index in [-0.39, 0.29) is 24.7 Å². The van der Waals surface area contributed by atoms with E-state index in [2.05, 4.69) is 4.98 Å². The molecule has 106 valence electrons. The van der Waals surface area contributed by atoms with Gasteiger partial charge in [0, 0.05) is 39.4 Å². The van der Waals surface area contributed by atoms with Crippen molar-refractivity contribution >= 4 is 16.0 Å². The van der Waals surface area contributed by atoms with Gasteiger partial charge in [0.1, 0.15) is 0 Å². The predicted octanol–water partition coefficient (Wildman–Crippen LogP) is -1.19. The van der Waals surface area contributed by atoms with E-state index in [9.17, 15) is 13.2 Å². The highest BCUT2D eigenvalue weighted by atomic mass is 32.2. The van der Waals surface area contributed by atoms with Gasteiger partial charge in [0.05, 0.1) is 12.9 Å². The zero-order chi connectivity index (χ0) is 14.0. The van der Waals surface area contributed by atoms with Crippen LogP contribution < -0.4 is 0 Å². The largest absolute Gasteiger partial charge is 0.480 e. The number of nitrogens with zero attached hydrogens (tertiary/aromatic N) is 4. The number of hydrogen-bond donors (Lipinski definition) is 1. The standard InChI is InChI=1S/C10H16N4O4S/c1-12-6-9(11-8-12)19(17,18)14-4-2-13(3-5-14)7-10(15)16/h6,8H,2-5,7H2,1H3,(H,15,16). The second-order valence-electron chi connectivity index (χ2n) is 4.45. The van der Waals surface area contributed by atoms with Crippen molar-refractivity contribution in [1.82, 2.24) is 18.8 Å². The molecular weight excluding hydrogens is 272 g/mol. The number of carboxylic acids is 1. The van der Waals surface area contributed by atoms with Crippen LogP contribution in [0.15, 0.2) is 17.6 Å². The van der Waals surface area contributed by atoms with Gasteiger partial charge in [-0.25, -0.2) is 13.4 Å². The number of piperazine rings is 1. The molecule has 19 heavy (non-hydrogen) atoms. The third-order valence-corrected chi connectivity index (χ3v) is 4.76. The lowest BCUT2D eigenvalue weighted by atomic mass is 10.3. The zero-order valence-corrected chi connectivity index (χ0v) is 11.4. The molecule has 0 radical (unpaired) electrons. The minimum Gasteiger partial charge on any atom is -0.480 e. The van der Waals surface area contributed by atoms with E-state index < -0.39 is 16.0 Å². The molecule has 1 aliphatic rings. The molecule has 1 aliphatic heterocycles. The Balaban J connectivity index is 2.03. The second kappa shape index (κ2) is 5.27. The van der Waals surface area contributed by atoms with Crippen molar-refractivity contribution in [3.63, 3.8) is 0 Å². The summed E-state index contributed by atoms with van der Waals surface area (Å²) >= 11 is 0. The molecule has 0 bridgehead atoms. The summed E-state index contributed by atoms with van der Waals surface area (Å²) in [5.74, 6) is -0.902. The zero-order valence-electron chi connectivity index (χ0n) is 10.6. The number of hydrogen-bond acceptors (Lipinski definition) is 5. The van der Waals surface area contributed by atoms with Crippen molar-refractivity contribution in [2.75, 3.05) is 32.7 Å². The van der Waals surface area contributed by atoms with Gasteiger partial charge in [0.15, 0.2) is 5.03 Å². The van der Waals surface area contributed by atoms with Crippen LogP contribution in [0.1, 0.15) is 0 Å². The normalized spacial score (nSPS) is 18.6. The van der Waals surface area contributed by atoms with Crippen LogP contribution in [0.4, 0.5) is 0 Å². The topological polar surface area (TPSA) is 95.7 Å². The highest BCUT2D eigenvalue weighted by Crippen LogP contribution is 2.15. The molecule has 0 amide bonds. The van der Waals surface area contributed by atoms with Crippen molar-refractivity contribution in [3.8, 4) is 0 Å². The van der Waals surface area contributed by atoms with Crippen molar-refractivity contribution in [2.45, 2.75) is 5.03 Å². The number of rotatable bonds is 4. The molecule has 8 nitrogen and oxygen atoms in total. The minimum atomic E-state index is -3.57. The summed E-state index contributed by atoms with van der Waals surface area (Å²) in [6.07, 6.45) is 2.90. The lowest BCUT2D eigenvalue weighted by Crippen LogP contribution is -2.49. The summed E-state index contributed by atoms with van der Waals surface area (Å²) in [6, 6.07) is 0. The van der Waals surface area contributed by atoms with Gasteiger partial charge in [-0.1, -0.05) is 0 Å². The van der Waals surface area contributed by atoms with Crippen LogP contribution in [0.5, 0.6) is 0 Å². The van der Waals surface area contributed by atoms with Crippen LogP contribution in [-0.2, 0) is 21.9 Å². The van der Waals surface area contributed by atoms with Crippen molar-refractivity contribution in [2.24, 2.45) is 7.05 Å². The second-order valence-corrected chi connectivity index (χ2v) is 6.34. The van der Waals surface area contributed by atoms with Crippen molar-refractivity contribution in [3.05, 3.63) is 12.5 Å². The van der Waals surface area contributed by atoms with Crippen LogP contribution in [-0.4, -0.2) is 71.0 Å². The molecule has 1 N–H and O–H groups in total. The smallest absolute Gasteiger partial charge is 0.317 e. The molecule has 0 unspecified atom stereocenters. The Bertz CT molecular complexity index is 560. The maximum Gasteiger partial charge on any atom is 0.317 e. The summed E-state index contributed by atoms with van der Waals surface area (Å²) in [7, 11) is -1.86. The van der Waals surface area contributed by atoms with Gasteiger partial charge in [-0.2, -0.15) is 4.31 Å². The Morgan fingerprint density at radius 2 is 2.00 bits per heavy atom. The first-order valence-corrected chi connectivity index (χ1v) is 7.26. The van der Waals surface area contributed by atoms with Gasteiger partial charge < -0.3 is 9.67 Å². The van der Waals surface area contributed by atoms with Gasteiger partial charge >= 0.3 is 5.97 Å². The molecule has 0 aromatic carbocycles. The van der Waals surface area contributed by atoms with E-state index in [1.807, 2.05) is 0 Å². The molecule has 1 saturated heterocycles. The number of imidazole rings is 1. The Morgan fingerprint density at radius 3 is 2.47 bits per heavy atom. The van der Waals surface area contributed by atoms with Crippen LogP contribution in [0, 0.1) is 0 Å². The number of sulfonamides is 1. The summed E-state index contributed by atoms with van der Waals surface area (Å²) in [5.41, 5.74) is 0. The molecule has 0 atom stereocenters. The summed E-state index contributed by atoms with van der Waals surface area (Å²) in [4.78, 5) is 16.2. The number of aliphatic carboxylic acids is 1. The highest BCUT2D eigenvalue weighted by molar-refractivity contribution is 7.89. The fourth-order valence-electron chi connectivity index (χ4n) is 1.97. The summed E-state index contributed by atoms with van der Waals surface area (Å²) < 4.78 is 27.4. The fraction of sp³-hybridized carbons (Fsp3) is 0.600. The third-order valence-electron chi connectivity index (χ3n) is 2.98. The number of carbonyl (C=O) groups is 1. The monoisotopic (exact) mass is 288 g/mol. The van der Waals surface area contributed by atoms with E-state index in [0.29, 0.717) is 13.1 Å². The molecule has 9 heteroatoms. The van der Waals surface area contributed by atoms with Gasteiger partial charge in [-0.15, -0.1) is 0 Å². The van der Waals surface area contributed by atoms with Crippen LogP contribution in [0.3, 0.4) is 0 Å². The number of carboxylic acid groups (broad SMARTS) is 1. The molecule has 0 saturated carbocycles. The Morgan fingerprint density at radius 1 is 1.37 bits per heavy atom. The first-order valence-electron chi connectivity index (χ1n) is 5.82. The average molecular weight is 288 g/mol. The number of aromatic nitrogens is 2. The molecule has 2 rings (SSSR count). The van der Waals surface area contributed by atoms with E-state index in [4.69, 9.17) is 5.11 Å². The average Bonchev–Trinajstić information content (AvgIpc) is 2.76. The van der Waals surface area contributed by atoms with E-state index in [1.165, 1.54) is 16.8 Å². The lowest BCUT2D eigenvalue weighted by Gasteiger charge is -2.32. The molecule has 2 heterocycles. The Hall–Kier alpha value is -1.45. The fourth-order valence-corrected chi connectivity index (χ4v) is 3.36. The molecule has 1 aromatic rings. The Kier molecular flexibility index (Phi) is 3.88. The van der Waals surface area contributed by atoms with Crippen LogP contribution >= 0.6 is 0 Å². The maximum atomic E-state index is 12.2. The molecule has 0 spiro atoms. The van der Waals surface area contributed by atoms with Crippen LogP contribution in [0.25, 0.3) is 0 Å². The van der Waals surface area contributed by atoms with E-state index in [1.54, 1.807) is 16.5 Å². The first-order chi connectivity index (χ1) is 8.89. The van der Waals surface area contributed by atoms with Crippen LogP contribution in [0.2, 0.25) is 0 Å². The predicted molar refractivity (Wildman–Crippen MR) is 66.0 cm³/mol. The SMILES string of the molecule is Cn1cnc(S(=O)(=O)N2CCN(CC(=O)O)CC2)c1. The van der Waals surface area contributed by atoms with Crippen molar-refractivity contribution in [1.29, 1.82) is 0 Å². The molecule has 0 aliphatic carbocycles. The summed E-state index contributed by atoms with van der Waals surface area (Å²) in [5, 5.41) is 8.72. The van der Waals surface area contributed by atoms with E-state index >= 15 is 0 Å². The highest BCUT2D eigenvalue weighted by Gasteiger charge is 2.30. The first kappa shape index (κ1) is 14.0.